The van der Waals surface area contributed by atoms with Gasteiger partial charge in [-0.25, -0.2) is 8.78 Å². The fourth-order valence-corrected chi connectivity index (χ4v) is 7.21. The average molecular weight is 914 g/mol. The molecule has 1 N–H and O–H groups in total. The third-order valence-corrected chi connectivity index (χ3v) is 9.06. The zero-order valence-corrected chi connectivity index (χ0v) is 50.5. The monoisotopic (exact) mass is 913 g/mol. The number of aliphatic hydroxyl groups is 1. The zero-order valence-electron chi connectivity index (χ0n) is 50.5. The molecule has 0 unspecified atom stereocenters. The highest BCUT2D eigenvalue weighted by Crippen LogP contribution is 2.47. The lowest BCUT2D eigenvalue weighted by molar-refractivity contribution is -0.251. The third-order valence-electron chi connectivity index (χ3n) is 9.06. The first-order valence-electron chi connectivity index (χ1n) is 23.8. The Balaban J connectivity index is -0.000000155. The molecule has 0 aliphatic heterocycles. The van der Waals surface area contributed by atoms with Gasteiger partial charge in [0.25, 0.3) is 0 Å². The summed E-state index contributed by atoms with van der Waals surface area (Å²) in [6.07, 6.45) is -0.657. The molecule has 0 aliphatic carbocycles. The van der Waals surface area contributed by atoms with Gasteiger partial charge < -0.3 is 24.1 Å². The topological polar surface area (TPSA) is 57.2 Å². The second-order valence-corrected chi connectivity index (χ2v) is 30.8. The van der Waals surface area contributed by atoms with Crippen LogP contribution in [0.1, 0.15) is 249 Å². The Bertz CT molecular complexity index is 996. The van der Waals surface area contributed by atoms with E-state index in [9.17, 15) is 13.9 Å². The van der Waals surface area contributed by atoms with Crippen molar-refractivity contribution in [2.45, 2.75) is 285 Å². The maximum Gasteiger partial charge on any atom is 0.218 e. The summed E-state index contributed by atoms with van der Waals surface area (Å²) in [5.74, 6) is -1.58. The first kappa shape index (κ1) is 74.2. The fourth-order valence-electron chi connectivity index (χ4n) is 7.21. The van der Waals surface area contributed by atoms with Crippen LogP contribution in [0.4, 0.5) is 8.78 Å². The third kappa shape index (κ3) is 41.6. The number of methoxy groups -OCH3 is 2. The van der Waals surface area contributed by atoms with Crippen molar-refractivity contribution in [1.82, 2.24) is 0 Å². The van der Waals surface area contributed by atoms with Crippen LogP contribution < -0.4 is 0 Å². The van der Waals surface area contributed by atoms with E-state index in [2.05, 4.69) is 166 Å². The highest BCUT2D eigenvalue weighted by atomic mass is 19.2. The van der Waals surface area contributed by atoms with Gasteiger partial charge in [0.2, 0.25) is 5.85 Å². The summed E-state index contributed by atoms with van der Waals surface area (Å²) in [5, 5.41) is 9.72. The molecule has 0 bridgehead atoms. The minimum Gasteiger partial charge on any atom is -0.392 e. The predicted octanol–water partition coefficient (Wildman–Crippen LogP) is 18.0. The number of hydrogen-bond acceptors (Lipinski definition) is 5. The molecule has 0 saturated carbocycles. The molecule has 390 valence electrons. The Labute approximate surface area is 397 Å². The second-order valence-electron chi connectivity index (χ2n) is 30.8. The normalized spacial score (nSPS) is 14.3. The van der Waals surface area contributed by atoms with Crippen LogP contribution in [-0.2, 0) is 18.9 Å². The van der Waals surface area contributed by atoms with Crippen molar-refractivity contribution in [3.05, 3.63) is 0 Å². The van der Waals surface area contributed by atoms with E-state index in [-0.39, 0.29) is 60.6 Å². The molecule has 63 heavy (non-hydrogen) atoms. The Morgan fingerprint density at radius 2 is 0.603 bits per heavy atom. The Morgan fingerprint density at radius 1 is 0.381 bits per heavy atom. The van der Waals surface area contributed by atoms with Crippen molar-refractivity contribution in [3.8, 4) is 0 Å². The van der Waals surface area contributed by atoms with Crippen LogP contribution in [0.5, 0.6) is 0 Å². The summed E-state index contributed by atoms with van der Waals surface area (Å²) in [6.45, 7) is 75.6. The fraction of sp³-hybridized carbons (Fsp3) is 1.00. The Morgan fingerprint density at radius 3 is 0.619 bits per heavy atom. The average Bonchev–Trinajstić information content (AvgIpc) is 2.94. The predicted molar refractivity (Wildman–Crippen MR) is 279 cm³/mol. The molecule has 0 aromatic heterocycles. The van der Waals surface area contributed by atoms with Gasteiger partial charge in [-0.3, -0.25) is 0 Å². The van der Waals surface area contributed by atoms with Gasteiger partial charge in [0, 0.05) is 25.0 Å². The molecule has 0 spiro atoms. The number of halogens is 2. The van der Waals surface area contributed by atoms with Crippen molar-refractivity contribution in [2.75, 3.05) is 27.4 Å². The Kier molecular flexibility index (Phi) is 31.1. The smallest absolute Gasteiger partial charge is 0.218 e. The second kappa shape index (κ2) is 26.4. The van der Waals surface area contributed by atoms with E-state index in [0.29, 0.717) is 6.10 Å². The summed E-state index contributed by atoms with van der Waals surface area (Å²) >= 11 is 0. The van der Waals surface area contributed by atoms with Crippen LogP contribution in [-0.4, -0.2) is 68.0 Å². The Hall–Kier alpha value is -0.340. The van der Waals surface area contributed by atoms with E-state index in [1.54, 1.807) is 7.11 Å². The van der Waals surface area contributed by atoms with Crippen LogP contribution in [0.25, 0.3) is 0 Å². The van der Waals surface area contributed by atoms with E-state index in [0.717, 1.165) is 13.2 Å². The molecule has 5 nitrogen and oxygen atoms in total. The molecular formula is C56H122F2O5. The summed E-state index contributed by atoms with van der Waals surface area (Å²) in [4.78, 5) is 0. The highest BCUT2D eigenvalue weighted by molar-refractivity contribution is 4.92. The quantitative estimate of drug-likeness (QED) is 0.305. The molecule has 0 fully saturated rings. The highest BCUT2D eigenvalue weighted by Gasteiger charge is 2.52. The van der Waals surface area contributed by atoms with E-state index in [1.165, 1.54) is 7.11 Å². The van der Waals surface area contributed by atoms with Gasteiger partial charge >= 0.3 is 0 Å². The minimum absolute atomic E-state index is 0.00174. The number of hydrogen-bond donors (Lipinski definition) is 1. The summed E-state index contributed by atoms with van der Waals surface area (Å²) in [6, 6.07) is 0. The molecule has 0 saturated heterocycles. The molecule has 0 aromatic carbocycles. The minimum atomic E-state index is -1.58. The van der Waals surface area contributed by atoms with Crippen LogP contribution >= 0.6 is 0 Å². The molecule has 0 aromatic rings. The summed E-state index contributed by atoms with van der Waals surface area (Å²) in [7, 11) is 3.22. The zero-order chi connectivity index (χ0) is 53.5. The van der Waals surface area contributed by atoms with Crippen molar-refractivity contribution in [1.29, 1.82) is 0 Å². The molecule has 0 atom stereocenters. The van der Waals surface area contributed by atoms with Gasteiger partial charge in [0.05, 0.1) is 36.6 Å². The van der Waals surface area contributed by atoms with Gasteiger partial charge in [0.1, 0.15) is 6.17 Å². The molecule has 0 radical (unpaired) electrons. The van der Waals surface area contributed by atoms with Crippen LogP contribution in [0.3, 0.4) is 0 Å². The van der Waals surface area contributed by atoms with Crippen LogP contribution in [0.2, 0.25) is 0 Å². The SMILES string of the molecule is CC(C)(C)C(F)C(C)(C)C.CC(C)(C)C(O)C(C)(C)C.CC(C)(C)COC(C)(C)C.CC(C)(C)COC(C)(C)C.COC(C(C)(C)C)C(C)(C)C.COC(F)(C(C)(C)C)C(C)(C)C. The first-order valence-corrected chi connectivity index (χ1v) is 23.8. The van der Waals surface area contributed by atoms with Crippen LogP contribution in [0.15, 0.2) is 0 Å². The molecule has 0 rings (SSSR count). The van der Waals surface area contributed by atoms with E-state index < -0.39 is 22.9 Å². The van der Waals surface area contributed by atoms with Crippen molar-refractivity contribution < 1.29 is 32.8 Å². The lowest BCUT2D eigenvalue weighted by Gasteiger charge is -2.45. The molecule has 0 heterocycles. The maximum absolute atomic E-state index is 14.3. The first-order chi connectivity index (χ1) is 26.5. The number of rotatable bonds is 4. The van der Waals surface area contributed by atoms with Crippen molar-refractivity contribution >= 4 is 0 Å². The lowest BCUT2D eigenvalue weighted by atomic mass is 9.72. The summed E-state index contributed by atoms with van der Waals surface area (Å²) in [5.41, 5.74) is -0.409. The van der Waals surface area contributed by atoms with Gasteiger partial charge in [-0.05, 0) is 84.9 Å². The van der Waals surface area contributed by atoms with Gasteiger partial charge in [-0.1, -0.05) is 208 Å². The van der Waals surface area contributed by atoms with Gasteiger partial charge in [-0.15, -0.1) is 0 Å². The van der Waals surface area contributed by atoms with Gasteiger partial charge in [-0.2, -0.15) is 0 Å². The molecule has 0 aliphatic rings. The molecular weight excluding hydrogens is 791 g/mol. The van der Waals surface area contributed by atoms with Crippen molar-refractivity contribution in [3.63, 3.8) is 0 Å². The van der Waals surface area contributed by atoms with E-state index >= 15 is 0 Å². The lowest BCUT2D eigenvalue weighted by Crippen LogP contribution is -2.50. The maximum atomic E-state index is 14.3. The molecule has 7 heteroatoms. The largest absolute Gasteiger partial charge is 0.392 e. The molecule has 0 amide bonds. The number of alkyl halides is 2. The number of aliphatic hydroxyl groups excluding tert-OH is 1. The van der Waals surface area contributed by atoms with E-state index in [4.69, 9.17) is 18.9 Å². The number of ether oxygens (including phenoxy) is 4. The van der Waals surface area contributed by atoms with Crippen molar-refractivity contribution in [2.24, 2.45) is 54.1 Å². The van der Waals surface area contributed by atoms with Gasteiger partial charge in [0.15, 0.2) is 0 Å². The van der Waals surface area contributed by atoms with E-state index in [1.807, 2.05) is 83.1 Å². The van der Waals surface area contributed by atoms with Crippen LogP contribution in [0, 0.1) is 54.1 Å². The standard InChI is InChI=1S/C10H21FO.C10H22O.C9H19F.3C9H20O/c1-8(2,3)10(11,12-7)9(4,5)6;1-9(2,3)8(11-7)10(4,5)6;1-8(2,3)7(10)9(4,5)6;2*1-8(2,3)7-10-9(4,5)6;1-8(2,3)7(10)9(4,5)6/h1-7H3;8H,1-7H3;7H,1-6H3;2*7H2,1-6H3;7,10H,1-6H3. The summed E-state index contributed by atoms with van der Waals surface area (Å²) < 4.78 is 49.4.